The molecule has 3 aromatic rings. The third-order valence-electron chi connectivity index (χ3n) is 4.24. The van der Waals surface area contributed by atoms with Gasteiger partial charge in [-0.2, -0.15) is 13.2 Å². The molecule has 0 fully saturated rings. The molecule has 1 unspecified atom stereocenters. The van der Waals surface area contributed by atoms with Gasteiger partial charge in [0.1, 0.15) is 5.01 Å². The molecule has 9 heteroatoms. The van der Waals surface area contributed by atoms with Crippen molar-refractivity contribution in [1.82, 2.24) is 9.88 Å². The summed E-state index contributed by atoms with van der Waals surface area (Å²) in [5.41, 5.74) is -2.08. The summed E-state index contributed by atoms with van der Waals surface area (Å²) in [5, 5.41) is 14.1. The Morgan fingerprint density at radius 2 is 1.93 bits per heavy atom. The van der Waals surface area contributed by atoms with E-state index in [0.29, 0.717) is 17.0 Å². The SMILES string of the molecule is Cc1csc(C(O)(CC(=O)N(C)Cc2csc3ccccc23)C(F)(F)F)n1. The van der Waals surface area contributed by atoms with Crippen LogP contribution in [0.2, 0.25) is 0 Å². The Kier molecular flexibility index (Phi) is 5.29. The number of aliphatic hydroxyl groups is 1. The minimum absolute atomic E-state index is 0.160. The average molecular weight is 414 g/mol. The molecule has 1 amide bonds. The number of amides is 1. The van der Waals surface area contributed by atoms with Crippen molar-refractivity contribution in [3.05, 3.63) is 51.3 Å². The van der Waals surface area contributed by atoms with Crippen LogP contribution < -0.4 is 0 Å². The number of hydrogen-bond acceptors (Lipinski definition) is 5. The maximum Gasteiger partial charge on any atom is 0.424 e. The normalized spacial score (nSPS) is 14.3. The molecule has 27 heavy (non-hydrogen) atoms. The van der Waals surface area contributed by atoms with Crippen molar-refractivity contribution < 1.29 is 23.1 Å². The highest BCUT2D eigenvalue weighted by molar-refractivity contribution is 7.17. The van der Waals surface area contributed by atoms with Crippen molar-refractivity contribution in [2.75, 3.05) is 7.05 Å². The first-order valence-corrected chi connectivity index (χ1v) is 9.78. The van der Waals surface area contributed by atoms with Crippen LogP contribution in [0.4, 0.5) is 13.2 Å². The van der Waals surface area contributed by atoms with Gasteiger partial charge in [0.25, 0.3) is 0 Å². The molecule has 0 bridgehead atoms. The number of aromatic nitrogens is 1. The fourth-order valence-corrected chi connectivity index (χ4v) is 4.56. The van der Waals surface area contributed by atoms with Crippen LogP contribution in [0.15, 0.2) is 35.0 Å². The van der Waals surface area contributed by atoms with Crippen LogP contribution in [0.25, 0.3) is 10.1 Å². The summed E-state index contributed by atoms with van der Waals surface area (Å²) >= 11 is 2.20. The first kappa shape index (κ1) is 19.8. The molecular formula is C18H17F3N2O2S2. The molecule has 0 aliphatic heterocycles. The van der Waals surface area contributed by atoms with Crippen LogP contribution in [0.5, 0.6) is 0 Å². The molecule has 3 rings (SSSR count). The van der Waals surface area contributed by atoms with E-state index in [1.807, 2.05) is 29.6 Å². The van der Waals surface area contributed by atoms with E-state index in [-0.39, 0.29) is 6.54 Å². The molecule has 0 saturated heterocycles. The van der Waals surface area contributed by atoms with E-state index in [4.69, 9.17) is 0 Å². The van der Waals surface area contributed by atoms with Gasteiger partial charge in [0.2, 0.25) is 11.5 Å². The Labute approximate surface area is 161 Å². The topological polar surface area (TPSA) is 53.4 Å². The summed E-state index contributed by atoms with van der Waals surface area (Å²) in [6.45, 7) is 1.69. The van der Waals surface area contributed by atoms with Crippen molar-refractivity contribution in [3.8, 4) is 0 Å². The summed E-state index contributed by atoms with van der Waals surface area (Å²) in [5.74, 6) is -0.807. The van der Waals surface area contributed by atoms with Crippen molar-refractivity contribution in [3.63, 3.8) is 0 Å². The second-order valence-electron chi connectivity index (χ2n) is 6.34. The number of benzene rings is 1. The number of aryl methyl sites for hydroxylation is 1. The molecule has 1 aromatic carbocycles. The molecule has 144 valence electrons. The lowest BCUT2D eigenvalue weighted by Gasteiger charge is -2.29. The molecule has 0 radical (unpaired) electrons. The van der Waals surface area contributed by atoms with Crippen LogP contribution in [0.1, 0.15) is 22.7 Å². The maximum absolute atomic E-state index is 13.6. The summed E-state index contributed by atoms with van der Waals surface area (Å²) in [4.78, 5) is 17.5. The Morgan fingerprint density at radius 1 is 1.22 bits per heavy atom. The lowest BCUT2D eigenvalue weighted by Crippen LogP contribution is -2.46. The molecule has 4 nitrogen and oxygen atoms in total. The molecule has 0 saturated carbocycles. The zero-order valence-corrected chi connectivity index (χ0v) is 16.2. The zero-order chi connectivity index (χ0) is 19.8. The van der Waals surface area contributed by atoms with E-state index < -0.39 is 29.1 Å². The maximum atomic E-state index is 13.6. The third kappa shape index (κ3) is 3.85. The van der Waals surface area contributed by atoms with Gasteiger partial charge in [0.15, 0.2) is 0 Å². The van der Waals surface area contributed by atoms with Gasteiger partial charge in [0.05, 0.1) is 6.42 Å². The first-order chi connectivity index (χ1) is 12.6. The van der Waals surface area contributed by atoms with E-state index >= 15 is 0 Å². The standard InChI is InChI=1S/C18H17F3N2O2S2/c1-11-9-27-16(22-11)17(25,18(19,20)21)7-15(24)23(2)8-12-10-26-14-6-4-3-5-13(12)14/h3-6,9-10,25H,7-8H2,1-2H3. The summed E-state index contributed by atoms with van der Waals surface area (Å²) in [7, 11) is 1.43. The van der Waals surface area contributed by atoms with E-state index in [0.717, 1.165) is 15.6 Å². The predicted octanol–water partition coefficient (Wildman–Crippen LogP) is 4.46. The molecule has 0 aliphatic rings. The molecule has 2 heterocycles. The minimum Gasteiger partial charge on any atom is -0.374 e. The third-order valence-corrected chi connectivity index (χ3v) is 6.37. The number of rotatable bonds is 5. The fraction of sp³-hybridized carbons (Fsp3) is 0.333. The molecular weight excluding hydrogens is 397 g/mol. The highest BCUT2D eigenvalue weighted by Crippen LogP contribution is 2.43. The molecule has 1 atom stereocenters. The largest absolute Gasteiger partial charge is 0.424 e. The Morgan fingerprint density at radius 3 is 2.56 bits per heavy atom. The first-order valence-electron chi connectivity index (χ1n) is 8.02. The smallest absolute Gasteiger partial charge is 0.374 e. The number of nitrogens with zero attached hydrogens (tertiary/aromatic N) is 2. The van der Waals surface area contributed by atoms with Crippen molar-refractivity contribution >= 4 is 38.7 Å². The van der Waals surface area contributed by atoms with Gasteiger partial charge < -0.3 is 10.0 Å². The highest BCUT2D eigenvalue weighted by Gasteiger charge is 2.58. The number of thiazole rings is 1. The Balaban J connectivity index is 1.81. The molecule has 1 N–H and O–H groups in total. The van der Waals surface area contributed by atoms with Crippen LogP contribution in [-0.2, 0) is 16.9 Å². The quantitative estimate of drug-likeness (QED) is 0.671. The lowest BCUT2D eigenvalue weighted by atomic mass is 9.98. The van der Waals surface area contributed by atoms with E-state index in [2.05, 4.69) is 4.98 Å². The number of carbonyl (C=O) groups excluding carboxylic acids is 1. The van der Waals surface area contributed by atoms with Crippen molar-refractivity contribution in [2.45, 2.75) is 31.7 Å². The van der Waals surface area contributed by atoms with Crippen LogP contribution in [0, 0.1) is 6.92 Å². The van der Waals surface area contributed by atoms with E-state index in [1.54, 1.807) is 0 Å². The lowest BCUT2D eigenvalue weighted by molar-refractivity contribution is -0.268. The minimum atomic E-state index is -5.01. The zero-order valence-electron chi connectivity index (χ0n) is 14.6. The fourth-order valence-electron chi connectivity index (χ4n) is 2.69. The monoisotopic (exact) mass is 414 g/mol. The van der Waals surface area contributed by atoms with Gasteiger partial charge in [-0.1, -0.05) is 18.2 Å². The summed E-state index contributed by atoms with van der Waals surface area (Å²) < 4.78 is 41.7. The second kappa shape index (κ2) is 7.21. The van der Waals surface area contributed by atoms with Gasteiger partial charge >= 0.3 is 6.18 Å². The number of hydrogen-bond donors (Lipinski definition) is 1. The van der Waals surface area contributed by atoms with Crippen LogP contribution in [-0.4, -0.2) is 34.1 Å². The van der Waals surface area contributed by atoms with Crippen molar-refractivity contribution in [2.24, 2.45) is 0 Å². The Bertz CT molecular complexity index is 967. The molecule has 0 spiro atoms. The van der Waals surface area contributed by atoms with Gasteiger partial charge in [-0.05, 0) is 29.3 Å². The second-order valence-corrected chi connectivity index (χ2v) is 8.11. The number of alkyl halides is 3. The van der Waals surface area contributed by atoms with Crippen molar-refractivity contribution in [1.29, 1.82) is 0 Å². The van der Waals surface area contributed by atoms with Crippen LogP contribution in [0.3, 0.4) is 0 Å². The van der Waals surface area contributed by atoms with Crippen LogP contribution >= 0.6 is 22.7 Å². The predicted molar refractivity (Wildman–Crippen MR) is 99.7 cm³/mol. The van der Waals surface area contributed by atoms with Gasteiger partial charge in [0, 0.05) is 29.4 Å². The Hall–Kier alpha value is -1.97. The highest BCUT2D eigenvalue weighted by atomic mass is 32.1. The number of carbonyl (C=O) groups is 1. The van der Waals surface area contributed by atoms with Gasteiger partial charge in [-0.15, -0.1) is 22.7 Å². The average Bonchev–Trinajstić information content (AvgIpc) is 3.21. The summed E-state index contributed by atoms with van der Waals surface area (Å²) in [6, 6.07) is 7.62. The molecule has 2 aromatic heterocycles. The van der Waals surface area contributed by atoms with Gasteiger partial charge in [-0.25, -0.2) is 4.98 Å². The number of halogens is 3. The molecule has 0 aliphatic carbocycles. The van der Waals surface area contributed by atoms with E-state index in [1.165, 1.54) is 35.6 Å². The summed E-state index contributed by atoms with van der Waals surface area (Å²) in [6.07, 6.45) is -6.12. The number of thiophene rings is 1. The van der Waals surface area contributed by atoms with E-state index in [9.17, 15) is 23.1 Å². The number of fused-ring (bicyclic) bond motifs is 1. The van der Waals surface area contributed by atoms with Gasteiger partial charge in [-0.3, -0.25) is 4.79 Å².